The molecule has 5 aromatic rings. The number of nitrogens with zero attached hydrogens (tertiary/aromatic N) is 1. The Morgan fingerprint density at radius 1 is 0.812 bits per heavy atom. The van der Waals surface area contributed by atoms with Crippen LogP contribution in [-0.2, 0) is 17.9 Å². The third-order valence-corrected chi connectivity index (χ3v) is 7.61. The van der Waals surface area contributed by atoms with Crippen LogP contribution in [0, 0.1) is 6.92 Å². The first-order valence-electron chi connectivity index (χ1n) is 11.6. The highest BCUT2D eigenvalue weighted by molar-refractivity contribution is 6.13. The van der Waals surface area contributed by atoms with Crippen LogP contribution in [-0.4, -0.2) is 0 Å². The molecule has 2 heterocycles. The summed E-state index contributed by atoms with van der Waals surface area (Å²) in [4.78, 5) is 0. The maximum absolute atomic E-state index is 6.74. The fourth-order valence-electron chi connectivity index (χ4n) is 5.65. The first kappa shape index (κ1) is 19.6. The fourth-order valence-corrected chi connectivity index (χ4v) is 5.65. The number of rotatable bonds is 1. The number of aryl methyl sites for hydroxylation is 1. The van der Waals surface area contributed by atoms with Crippen molar-refractivity contribution in [2.45, 2.75) is 58.3 Å². The van der Waals surface area contributed by atoms with Gasteiger partial charge in [-0.05, 0) is 62.1 Å². The molecule has 0 aliphatic heterocycles. The molecule has 0 amide bonds. The highest BCUT2D eigenvalue weighted by Gasteiger charge is 2.49. The summed E-state index contributed by atoms with van der Waals surface area (Å²) in [6.07, 6.45) is 2.28. The Bertz CT molecular complexity index is 1540. The van der Waals surface area contributed by atoms with Gasteiger partial charge in [0.15, 0.2) is 11.3 Å². The topological polar surface area (TPSA) is 30.2 Å². The van der Waals surface area contributed by atoms with E-state index in [1.54, 1.807) is 0 Å². The molecule has 2 aromatic heterocycles. The molecular formula is C29H30NO2+. The van der Waals surface area contributed by atoms with Gasteiger partial charge in [-0.3, -0.25) is 0 Å². The zero-order valence-electron chi connectivity index (χ0n) is 19.8. The van der Waals surface area contributed by atoms with Crippen LogP contribution in [0.3, 0.4) is 0 Å². The molecule has 0 N–H and O–H groups in total. The molecule has 0 spiro atoms. The van der Waals surface area contributed by atoms with Crippen LogP contribution in [0.1, 0.15) is 57.6 Å². The number of aromatic nitrogens is 1. The summed E-state index contributed by atoms with van der Waals surface area (Å²) in [6, 6.07) is 17.2. The van der Waals surface area contributed by atoms with Crippen molar-refractivity contribution >= 4 is 32.7 Å². The van der Waals surface area contributed by atoms with Crippen molar-refractivity contribution in [1.29, 1.82) is 0 Å². The summed E-state index contributed by atoms with van der Waals surface area (Å²) < 4.78 is 15.6. The summed E-state index contributed by atoms with van der Waals surface area (Å²) in [5.74, 6) is 2.01. The zero-order valence-corrected chi connectivity index (χ0v) is 19.8. The SMILES string of the molecule is Cc1ccc2c(oc3cc4ccccc4cc32)c1-c1oc2c([n+]1C)C(C)(C)CCC2(C)C. The van der Waals surface area contributed by atoms with Crippen molar-refractivity contribution in [3.05, 3.63) is 65.5 Å². The second kappa shape index (κ2) is 6.25. The van der Waals surface area contributed by atoms with E-state index in [4.69, 9.17) is 8.83 Å². The zero-order chi connectivity index (χ0) is 22.4. The monoisotopic (exact) mass is 424 g/mol. The number of furan rings is 1. The maximum Gasteiger partial charge on any atom is 0.384 e. The molecule has 3 nitrogen and oxygen atoms in total. The number of benzene rings is 3. The van der Waals surface area contributed by atoms with Crippen molar-refractivity contribution in [3.63, 3.8) is 0 Å². The predicted molar refractivity (Wildman–Crippen MR) is 130 cm³/mol. The lowest BCUT2D eigenvalue weighted by Gasteiger charge is -2.34. The van der Waals surface area contributed by atoms with Crippen molar-refractivity contribution in [1.82, 2.24) is 0 Å². The molecule has 0 bridgehead atoms. The van der Waals surface area contributed by atoms with Crippen LogP contribution >= 0.6 is 0 Å². The van der Waals surface area contributed by atoms with Gasteiger partial charge in [0.2, 0.25) is 5.69 Å². The minimum atomic E-state index is 0.0221. The molecule has 3 heteroatoms. The van der Waals surface area contributed by atoms with Crippen LogP contribution in [0.15, 0.2) is 57.4 Å². The van der Waals surface area contributed by atoms with E-state index in [9.17, 15) is 0 Å². The standard InChI is InChI=1S/C29H30NO2/c1-17-11-12-20-21-15-18-9-7-8-10-19(18)16-22(21)31-24(20)23(17)27-30(6)25-26(32-27)29(4,5)14-13-28(25,2)3/h7-12,15-16H,13-14H2,1-6H3/q+1. The molecule has 0 saturated heterocycles. The van der Waals surface area contributed by atoms with Crippen LogP contribution in [0.5, 0.6) is 0 Å². The van der Waals surface area contributed by atoms with Gasteiger partial charge in [-0.1, -0.05) is 50.2 Å². The lowest BCUT2D eigenvalue weighted by Crippen LogP contribution is -2.45. The molecule has 32 heavy (non-hydrogen) atoms. The first-order valence-corrected chi connectivity index (χ1v) is 11.6. The number of oxazole rings is 1. The van der Waals surface area contributed by atoms with Crippen molar-refractivity contribution in [2.75, 3.05) is 0 Å². The Labute approximate surface area is 188 Å². The second-order valence-corrected chi connectivity index (χ2v) is 10.8. The number of hydrogen-bond acceptors (Lipinski definition) is 2. The van der Waals surface area contributed by atoms with E-state index in [-0.39, 0.29) is 10.8 Å². The van der Waals surface area contributed by atoms with Crippen LogP contribution < -0.4 is 4.57 Å². The Morgan fingerprint density at radius 2 is 1.50 bits per heavy atom. The molecule has 0 atom stereocenters. The number of fused-ring (bicyclic) bond motifs is 5. The summed E-state index contributed by atoms with van der Waals surface area (Å²) in [6.45, 7) is 11.4. The van der Waals surface area contributed by atoms with Crippen molar-refractivity contribution in [3.8, 4) is 11.5 Å². The second-order valence-electron chi connectivity index (χ2n) is 10.8. The average molecular weight is 425 g/mol. The molecule has 0 saturated carbocycles. The van der Waals surface area contributed by atoms with Crippen LogP contribution in [0.2, 0.25) is 0 Å². The van der Waals surface area contributed by atoms with Crippen LogP contribution in [0.25, 0.3) is 44.2 Å². The third-order valence-electron chi connectivity index (χ3n) is 7.61. The Kier molecular flexibility index (Phi) is 3.83. The van der Waals surface area contributed by atoms with Gasteiger partial charge in [0.05, 0.1) is 5.41 Å². The van der Waals surface area contributed by atoms with Gasteiger partial charge in [-0.25, -0.2) is 0 Å². The minimum absolute atomic E-state index is 0.0221. The molecule has 1 aliphatic carbocycles. The quantitative estimate of drug-likeness (QED) is 0.261. The minimum Gasteiger partial charge on any atom is -0.455 e. The molecular weight excluding hydrogens is 394 g/mol. The number of hydrogen-bond donors (Lipinski definition) is 0. The van der Waals surface area contributed by atoms with Gasteiger partial charge in [-0.2, -0.15) is 4.57 Å². The van der Waals surface area contributed by atoms with Crippen LogP contribution in [0.4, 0.5) is 0 Å². The lowest BCUT2D eigenvalue weighted by molar-refractivity contribution is -0.673. The molecule has 0 fully saturated rings. The summed E-state index contributed by atoms with van der Waals surface area (Å²) in [5.41, 5.74) is 5.47. The lowest BCUT2D eigenvalue weighted by atomic mass is 9.68. The van der Waals surface area contributed by atoms with E-state index in [1.807, 2.05) is 0 Å². The third kappa shape index (κ3) is 2.57. The summed E-state index contributed by atoms with van der Waals surface area (Å²) in [5, 5.41) is 4.71. The summed E-state index contributed by atoms with van der Waals surface area (Å²) >= 11 is 0. The van der Waals surface area contributed by atoms with Crippen molar-refractivity contribution in [2.24, 2.45) is 7.05 Å². The van der Waals surface area contributed by atoms with Gasteiger partial charge in [0.25, 0.3) is 0 Å². The Hall–Kier alpha value is -3.07. The van der Waals surface area contributed by atoms with Gasteiger partial charge < -0.3 is 8.83 Å². The first-order chi connectivity index (χ1) is 15.2. The van der Waals surface area contributed by atoms with E-state index in [0.717, 1.165) is 52.0 Å². The van der Waals surface area contributed by atoms with Gasteiger partial charge >= 0.3 is 5.89 Å². The predicted octanol–water partition coefficient (Wildman–Crippen LogP) is 7.48. The molecule has 1 aliphatic rings. The van der Waals surface area contributed by atoms with Crippen molar-refractivity contribution < 1.29 is 13.4 Å². The van der Waals surface area contributed by atoms with Gasteiger partial charge in [0.1, 0.15) is 18.2 Å². The average Bonchev–Trinajstić information content (AvgIpc) is 3.28. The maximum atomic E-state index is 6.74. The van der Waals surface area contributed by atoms with E-state index in [1.165, 1.54) is 22.0 Å². The Balaban J connectivity index is 1.69. The van der Waals surface area contributed by atoms with Gasteiger partial charge in [-0.15, -0.1) is 0 Å². The smallest absolute Gasteiger partial charge is 0.384 e. The molecule has 3 aromatic carbocycles. The van der Waals surface area contributed by atoms with E-state index in [2.05, 4.69) is 94.8 Å². The van der Waals surface area contributed by atoms with Gasteiger partial charge in [0, 0.05) is 16.2 Å². The molecule has 0 radical (unpaired) electrons. The van der Waals surface area contributed by atoms with E-state index in [0.29, 0.717) is 0 Å². The fraction of sp³-hybridized carbons (Fsp3) is 0.345. The largest absolute Gasteiger partial charge is 0.455 e. The highest BCUT2D eigenvalue weighted by atomic mass is 16.4. The molecule has 6 rings (SSSR count). The normalized spacial score (nSPS) is 17.3. The molecule has 162 valence electrons. The van der Waals surface area contributed by atoms with E-state index >= 15 is 0 Å². The highest BCUT2D eigenvalue weighted by Crippen LogP contribution is 2.47. The summed E-state index contributed by atoms with van der Waals surface area (Å²) in [7, 11) is 2.15. The van der Waals surface area contributed by atoms with E-state index < -0.39 is 0 Å². The molecule has 0 unspecified atom stereocenters. The Morgan fingerprint density at radius 3 is 2.22 bits per heavy atom.